The van der Waals surface area contributed by atoms with E-state index in [1.54, 1.807) is 22.8 Å². The Balaban J connectivity index is 1.68. The SMILES string of the molecule is CC(Nc1ncnc(N)c1C#N)c1nc2cccc(Cl)c2c(=O)n1CCCN1CCCCC1. The number of halogens is 1. The summed E-state index contributed by atoms with van der Waals surface area (Å²) in [5.41, 5.74) is 6.35. The van der Waals surface area contributed by atoms with Gasteiger partial charge in [0.15, 0.2) is 0 Å². The number of piperidine rings is 1. The second-order valence-electron chi connectivity index (χ2n) is 8.28. The lowest BCUT2D eigenvalue weighted by molar-refractivity contribution is 0.222. The minimum absolute atomic E-state index is 0.0966. The third kappa shape index (κ3) is 4.92. The van der Waals surface area contributed by atoms with Crippen LogP contribution < -0.4 is 16.6 Å². The van der Waals surface area contributed by atoms with Crippen LogP contribution in [0.5, 0.6) is 0 Å². The van der Waals surface area contributed by atoms with E-state index in [1.165, 1.54) is 25.6 Å². The van der Waals surface area contributed by atoms with E-state index >= 15 is 0 Å². The van der Waals surface area contributed by atoms with Crippen molar-refractivity contribution < 1.29 is 0 Å². The number of hydrogen-bond donors (Lipinski definition) is 2. The van der Waals surface area contributed by atoms with Crippen LogP contribution >= 0.6 is 11.6 Å². The number of nitrogen functional groups attached to an aromatic ring is 1. The molecule has 1 saturated heterocycles. The van der Waals surface area contributed by atoms with Crippen LogP contribution in [0.1, 0.15) is 50.0 Å². The van der Waals surface area contributed by atoms with E-state index in [0.717, 1.165) is 26.1 Å². The largest absolute Gasteiger partial charge is 0.382 e. The highest BCUT2D eigenvalue weighted by molar-refractivity contribution is 6.35. The molecule has 33 heavy (non-hydrogen) atoms. The molecular formula is C23H27ClN8O. The van der Waals surface area contributed by atoms with Gasteiger partial charge in [-0.2, -0.15) is 5.26 Å². The summed E-state index contributed by atoms with van der Waals surface area (Å²) in [5, 5.41) is 13.4. The van der Waals surface area contributed by atoms with E-state index in [9.17, 15) is 10.1 Å². The van der Waals surface area contributed by atoms with Crippen molar-refractivity contribution in [3.8, 4) is 6.07 Å². The Morgan fingerprint density at radius 1 is 1.24 bits per heavy atom. The number of nitrogens with two attached hydrogens (primary N) is 1. The molecule has 2 aromatic heterocycles. The van der Waals surface area contributed by atoms with Crippen LogP contribution in [0.15, 0.2) is 29.3 Å². The maximum absolute atomic E-state index is 13.5. The number of anilines is 2. The van der Waals surface area contributed by atoms with Gasteiger partial charge in [0, 0.05) is 6.54 Å². The Hall–Kier alpha value is -3.22. The molecule has 9 nitrogen and oxygen atoms in total. The smallest absolute Gasteiger partial charge is 0.262 e. The number of hydrogen-bond acceptors (Lipinski definition) is 8. The first kappa shape index (κ1) is 23.0. The zero-order chi connectivity index (χ0) is 23.4. The minimum atomic E-state index is -0.419. The van der Waals surface area contributed by atoms with Gasteiger partial charge in [-0.15, -0.1) is 0 Å². The predicted molar refractivity (Wildman–Crippen MR) is 129 cm³/mol. The normalized spacial score (nSPS) is 15.3. The Kier molecular flexibility index (Phi) is 7.06. The number of benzene rings is 1. The van der Waals surface area contributed by atoms with Gasteiger partial charge in [0.2, 0.25) is 0 Å². The second kappa shape index (κ2) is 10.1. The summed E-state index contributed by atoms with van der Waals surface area (Å²) >= 11 is 6.36. The topological polar surface area (TPSA) is 126 Å². The molecule has 10 heteroatoms. The van der Waals surface area contributed by atoms with E-state index in [0.29, 0.717) is 34.1 Å². The monoisotopic (exact) mass is 466 g/mol. The molecule has 1 aliphatic heterocycles. The fourth-order valence-electron chi connectivity index (χ4n) is 4.31. The highest BCUT2D eigenvalue weighted by atomic mass is 35.5. The molecule has 1 fully saturated rings. The molecule has 3 aromatic rings. The summed E-state index contributed by atoms with van der Waals surface area (Å²) in [4.78, 5) is 28.7. The fourth-order valence-corrected chi connectivity index (χ4v) is 4.56. The van der Waals surface area contributed by atoms with Crippen molar-refractivity contribution >= 4 is 34.1 Å². The molecular weight excluding hydrogens is 440 g/mol. The van der Waals surface area contributed by atoms with Gasteiger partial charge in [-0.25, -0.2) is 15.0 Å². The Labute approximate surface area is 197 Å². The second-order valence-corrected chi connectivity index (χ2v) is 8.68. The Morgan fingerprint density at radius 2 is 2.03 bits per heavy atom. The summed E-state index contributed by atoms with van der Waals surface area (Å²) in [6.07, 6.45) is 5.85. The Bertz CT molecular complexity index is 1250. The molecule has 1 aliphatic rings. The molecule has 0 bridgehead atoms. The van der Waals surface area contributed by atoms with Crippen molar-refractivity contribution in [3.63, 3.8) is 0 Å². The van der Waals surface area contributed by atoms with E-state index in [4.69, 9.17) is 22.3 Å². The van der Waals surface area contributed by atoms with Crippen LogP contribution in [0.3, 0.4) is 0 Å². The van der Waals surface area contributed by atoms with Gasteiger partial charge >= 0.3 is 0 Å². The van der Waals surface area contributed by atoms with Gasteiger partial charge in [-0.3, -0.25) is 9.36 Å². The van der Waals surface area contributed by atoms with Crippen molar-refractivity contribution in [2.24, 2.45) is 0 Å². The maximum Gasteiger partial charge on any atom is 0.262 e. The quantitative estimate of drug-likeness (QED) is 0.542. The first-order chi connectivity index (χ1) is 16.0. The molecule has 172 valence electrons. The first-order valence-corrected chi connectivity index (χ1v) is 11.6. The van der Waals surface area contributed by atoms with Crippen molar-refractivity contribution in [3.05, 3.63) is 51.3 Å². The van der Waals surface area contributed by atoms with Gasteiger partial charge in [-0.1, -0.05) is 24.1 Å². The van der Waals surface area contributed by atoms with Crippen molar-refractivity contribution in [2.45, 2.75) is 45.2 Å². The molecule has 3 heterocycles. The highest BCUT2D eigenvalue weighted by Gasteiger charge is 2.20. The summed E-state index contributed by atoms with van der Waals surface area (Å²) in [6, 6.07) is 6.87. The van der Waals surface area contributed by atoms with Crippen molar-refractivity contribution in [1.29, 1.82) is 5.26 Å². The third-order valence-electron chi connectivity index (χ3n) is 6.00. The summed E-state index contributed by atoms with van der Waals surface area (Å²) in [5.74, 6) is 0.951. The number of aromatic nitrogens is 4. The van der Waals surface area contributed by atoms with Crippen LogP contribution in [0.25, 0.3) is 10.9 Å². The van der Waals surface area contributed by atoms with Crippen LogP contribution in [-0.2, 0) is 6.54 Å². The van der Waals surface area contributed by atoms with Crippen LogP contribution in [0.4, 0.5) is 11.6 Å². The van der Waals surface area contributed by atoms with Crippen LogP contribution in [-0.4, -0.2) is 44.1 Å². The molecule has 0 spiro atoms. The van der Waals surface area contributed by atoms with E-state index in [1.807, 2.05) is 13.0 Å². The zero-order valence-electron chi connectivity index (χ0n) is 18.6. The standard InChI is InChI=1S/C23H27ClN8O/c1-15(29-21-16(13-25)20(26)27-14-28-21)22-30-18-8-5-7-17(24)19(18)23(33)32(22)12-6-11-31-9-3-2-4-10-31/h5,7-8,14-15H,2-4,6,9-12H2,1H3,(H3,26,27,28,29). The molecule has 0 saturated carbocycles. The van der Waals surface area contributed by atoms with Gasteiger partial charge in [0.1, 0.15) is 35.4 Å². The number of likely N-dealkylation sites (tertiary alicyclic amines) is 1. The van der Waals surface area contributed by atoms with E-state index in [-0.39, 0.29) is 16.9 Å². The average molecular weight is 467 g/mol. The Morgan fingerprint density at radius 3 is 2.79 bits per heavy atom. The molecule has 0 aliphatic carbocycles. The maximum atomic E-state index is 13.5. The summed E-state index contributed by atoms with van der Waals surface area (Å²) < 4.78 is 1.69. The average Bonchev–Trinajstić information content (AvgIpc) is 2.81. The van der Waals surface area contributed by atoms with E-state index in [2.05, 4.69) is 20.2 Å². The number of fused-ring (bicyclic) bond motifs is 1. The number of nitrogens with one attached hydrogen (secondary N) is 1. The molecule has 1 unspecified atom stereocenters. The van der Waals surface area contributed by atoms with Gasteiger partial charge in [0.05, 0.1) is 22.0 Å². The molecule has 3 N–H and O–H groups in total. The molecule has 0 radical (unpaired) electrons. The van der Waals surface area contributed by atoms with Crippen molar-refractivity contribution in [1.82, 2.24) is 24.4 Å². The van der Waals surface area contributed by atoms with Crippen LogP contribution in [0.2, 0.25) is 5.02 Å². The minimum Gasteiger partial charge on any atom is -0.382 e. The number of rotatable bonds is 7. The zero-order valence-corrected chi connectivity index (χ0v) is 19.3. The lowest BCUT2D eigenvalue weighted by atomic mass is 10.1. The van der Waals surface area contributed by atoms with Crippen molar-refractivity contribution in [2.75, 3.05) is 30.7 Å². The third-order valence-corrected chi connectivity index (χ3v) is 6.31. The van der Waals surface area contributed by atoms with Gasteiger partial charge in [-0.05, 0) is 58.0 Å². The lowest BCUT2D eigenvalue weighted by Crippen LogP contribution is -2.33. The van der Waals surface area contributed by atoms with E-state index < -0.39 is 6.04 Å². The molecule has 1 atom stereocenters. The van der Waals surface area contributed by atoms with Crippen LogP contribution in [0, 0.1) is 11.3 Å². The molecule has 1 aromatic carbocycles. The lowest BCUT2D eigenvalue weighted by Gasteiger charge is -2.27. The van der Waals surface area contributed by atoms with Gasteiger partial charge < -0.3 is 16.0 Å². The molecule has 0 amide bonds. The number of nitrogens with zero attached hydrogens (tertiary/aromatic N) is 6. The number of nitriles is 1. The summed E-state index contributed by atoms with van der Waals surface area (Å²) in [7, 11) is 0. The highest BCUT2D eigenvalue weighted by Crippen LogP contribution is 2.24. The first-order valence-electron chi connectivity index (χ1n) is 11.2. The fraction of sp³-hybridized carbons (Fsp3) is 0.435. The predicted octanol–water partition coefficient (Wildman–Crippen LogP) is 3.34. The van der Waals surface area contributed by atoms with Gasteiger partial charge in [0.25, 0.3) is 5.56 Å². The summed E-state index contributed by atoms with van der Waals surface area (Å²) in [6.45, 7) is 5.52. The molecule has 4 rings (SSSR count).